The predicted octanol–water partition coefficient (Wildman–Crippen LogP) is 4.19. The molecule has 3 heteroatoms. The summed E-state index contributed by atoms with van der Waals surface area (Å²) in [5.74, 6) is 1.37. The number of hydrogen-bond donors (Lipinski definition) is 1. The van der Waals surface area contributed by atoms with Crippen molar-refractivity contribution in [1.29, 1.82) is 0 Å². The Labute approximate surface area is 120 Å². The van der Waals surface area contributed by atoms with Gasteiger partial charge in [0.25, 0.3) is 0 Å². The molecule has 2 aromatic rings. The van der Waals surface area contributed by atoms with Gasteiger partial charge < -0.3 is 10.5 Å². The Kier molecular flexibility index (Phi) is 4.09. The summed E-state index contributed by atoms with van der Waals surface area (Å²) in [4.78, 5) is 4.23. The van der Waals surface area contributed by atoms with Gasteiger partial charge in [0.1, 0.15) is 5.75 Å². The van der Waals surface area contributed by atoms with Gasteiger partial charge in [-0.15, -0.1) is 0 Å². The second-order valence-corrected chi connectivity index (χ2v) is 6.10. The van der Waals surface area contributed by atoms with Crippen molar-refractivity contribution >= 4 is 0 Å². The highest BCUT2D eigenvalue weighted by Crippen LogP contribution is 2.28. The molecule has 2 N–H and O–H groups in total. The van der Waals surface area contributed by atoms with Crippen LogP contribution in [-0.2, 0) is 5.41 Å². The lowest BCUT2D eigenvalue weighted by Crippen LogP contribution is -2.10. The predicted molar refractivity (Wildman–Crippen MR) is 82.1 cm³/mol. The molecule has 3 nitrogen and oxygen atoms in total. The fraction of sp³-hybridized carbons (Fsp3) is 0.353. The zero-order chi connectivity index (χ0) is 14.8. The van der Waals surface area contributed by atoms with Crippen molar-refractivity contribution < 1.29 is 4.74 Å². The van der Waals surface area contributed by atoms with Gasteiger partial charge in [-0.1, -0.05) is 32.9 Å². The van der Waals surface area contributed by atoms with Crippen molar-refractivity contribution in [1.82, 2.24) is 4.98 Å². The molecule has 0 saturated carbocycles. The van der Waals surface area contributed by atoms with Crippen LogP contribution in [0.25, 0.3) is 0 Å². The van der Waals surface area contributed by atoms with Crippen LogP contribution in [-0.4, -0.2) is 4.98 Å². The van der Waals surface area contributed by atoms with Crippen molar-refractivity contribution in [3.8, 4) is 11.6 Å². The maximum atomic E-state index is 5.87. The van der Waals surface area contributed by atoms with Gasteiger partial charge in [-0.05, 0) is 41.7 Å². The van der Waals surface area contributed by atoms with E-state index in [4.69, 9.17) is 10.5 Å². The molecule has 0 bridgehead atoms. The van der Waals surface area contributed by atoms with Crippen molar-refractivity contribution in [2.45, 2.75) is 39.2 Å². The van der Waals surface area contributed by atoms with Crippen LogP contribution in [0.4, 0.5) is 0 Å². The molecule has 0 amide bonds. The minimum atomic E-state index is -0.0266. The van der Waals surface area contributed by atoms with Crippen LogP contribution < -0.4 is 10.5 Å². The molecule has 1 unspecified atom stereocenters. The van der Waals surface area contributed by atoms with Crippen molar-refractivity contribution in [2.75, 3.05) is 0 Å². The standard InChI is InChI=1S/C17H22N2O/c1-12(18)13-8-9-19-16(10-13)20-15-7-5-6-14(11-15)17(2,3)4/h5-12H,18H2,1-4H3. The van der Waals surface area contributed by atoms with E-state index in [1.54, 1.807) is 6.20 Å². The van der Waals surface area contributed by atoms with Crippen molar-refractivity contribution in [2.24, 2.45) is 5.73 Å². The average Bonchev–Trinajstić information content (AvgIpc) is 2.38. The largest absolute Gasteiger partial charge is 0.439 e. The minimum absolute atomic E-state index is 0.0266. The highest BCUT2D eigenvalue weighted by molar-refractivity contribution is 5.35. The number of rotatable bonds is 3. The first kappa shape index (κ1) is 14.5. The van der Waals surface area contributed by atoms with Gasteiger partial charge in [-0.25, -0.2) is 4.98 Å². The normalized spacial score (nSPS) is 13.1. The zero-order valence-electron chi connectivity index (χ0n) is 12.6. The van der Waals surface area contributed by atoms with E-state index in [1.165, 1.54) is 5.56 Å². The SMILES string of the molecule is CC(N)c1ccnc(Oc2cccc(C(C)(C)C)c2)c1. The van der Waals surface area contributed by atoms with E-state index in [9.17, 15) is 0 Å². The number of nitrogens with zero attached hydrogens (tertiary/aromatic N) is 1. The molecule has 1 heterocycles. The van der Waals surface area contributed by atoms with Gasteiger partial charge >= 0.3 is 0 Å². The van der Waals surface area contributed by atoms with Gasteiger partial charge in [0, 0.05) is 18.3 Å². The molecule has 1 aromatic carbocycles. The van der Waals surface area contributed by atoms with Gasteiger partial charge in [-0.2, -0.15) is 0 Å². The summed E-state index contributed by atoms with van der Waals surface area (Å²) in [5.41, 5.74) is 8.22. The Morgan fingerprint density at radius 2 is 1.90 bits per heavy atom. The van der Waals surface area contributed by atoms with E-state index in [1.807, 2.05) is 31.2 Å². The molecular weight excluding hydrogens is 248 g/mol. The molecule has 20 heavy (non-hydrogen) atoms. The second kappa shape index (κ2) is 5.63. The highest BCUT2D eigenvalue weighted by atomic mass is 16.5. The first-order valence-corrected chi connectivity index (χ1v) is 6.86. The van der Waals surface area contributed by atoms with Crippen LogP contribution in [0.15, 0.2) is 42.6 Å². The van der Waals surface area contributed by atoms with E-state index in [2.05, 4.69) is 37.9 Å². The van der Waals surface area contributed by atoms with Crippen LogP contribution in [0.3, 0.4) is 0 Å². The molecule has 106 valence electrons. The number of ether oxygens (including phenoxy) is 1. The molecule has 0 aliphatic rings. The molecule has 0 aliphatic carbocycles. The Morgan fingerprint density at radius 1 is 1.15 bits per heavy atom. The Hall–Kier alpha value is -1.87. The number of aromatic nitrogens is 1. The Morgan fingerprint density at radius 3 is 2.55 bits per heavy atom. The van der Waals surface area contributed by atoms with Crippen LogP contribution >= 0.6 is 0 Å². The number of pyridine rings is 1. The summed E-state index contributed by atoms with van der Waals surface area (Å²) in [7, 11) is 0. The molecule has 0 radical (unpaired) electrons. The zero-order valence-corrected chi connectivity index (χ0v) is 12.6. The third kappa shape index (κ3) is 3.58. The lowest BCUT2D eigenvalue weighted by atomic mass is 9.87. The maximum Gasteiger partial charge on any atom is 0.219 e. The Balaban J connectivity index is 2.24. The van der Waals surface area contributed by atoms with Gasteiger partial charge in [0.05, 0.1) is 0 Å². The molecule has 0 spiro atoms. The fourth-order valence-corrected chi connectivity index (χ4v) is 1.91. The van der Waals surface area contributed by atoms with Gasteiger partial charge in [-0.3, -0.25) is 0 Å². The third-order valence-corrected chi connectivity index (χ3v) is 3.21. The van der Waals surface area contributed by atoms with E-state index < -0.39 is 0 Å². The number of nitrogens with two attached hydrogens (primary N) is 1. The molecule has 2 rings (SSSR count). The van der Waals surface area contributed by atoms with Crippen LogP contribution in [0.5, 0.6) is 11.6 Å². The van der Waals surface area contributed by atoms with E-state index in [0.29, 0.717) is 5.88 Å². The number of hydrogen-bond acceptors (Lipinski definition) is 3. The van der Waals surface area contributed by atoms with Gasteiger partial charge in [0.15, 0.2) is 0 Å². The summed E-state index contributed by atoms with van der Waals surface area (Å²) >= 11 is 0. The summed E-state index contributed by atoms with van der Waals surface area (Å²) < 4.78 is 5.84. The van der Waals surface area contributed by atoms with Crippen LogP contribution in [0, 0.1) is 0 Å². The second-order valence-electron chi connectivity index (χ2n) is 6.10. The van der Waals surface area contributed by atoms with E-state index in [0.717, 1.165) is 11.3 Å². The van der Waals surface area contributed by atoms with Crippen LogP contribution in [0.1, 0.15) is 44.9 Å². The molecule has 1 aromatic heterocycles. The molecule has 0 saturated heterocycles. The topological polar surface area (TPSA) is 48.1 Å². The molecule has 1 atom stereocenters. The first-order valence-electron chi connectivity index (χ1n) is 6.86. The third-order valence-electron chi connectivity index (χ3n) is 3.21. The highest BCUT2D eigenvalue weighted by Gasteiger charge is 2.14. The van der Waals surface area contributed by atoms with Crippen molar-refractivity contribution in [3.63, 3.8) is 0 Å². The maximum absolute atomic E-state index is 5.87. The first-order chi connectivity index (χ1) is 9.36. The smallest absolute Gasteiger partial charge is 0.219 e. The molecule has 0 aliphatic heterocycles. The molecule has 0 fully saturated rings. The van der Waals surface area contributed by atoms with E-state index >= 15 is 0 Å². The summed E-state index contributed by atoms with van der Waals surface area (Å²) in [6, 6.07) is 11.9. The minimum Gasteiger partial charge on any atom is -0.439 e. The summed E-state index contributed by atoms with van der Waals surface area (Å²) in [5, 5.41) is 0. The lowest BCUT2D eigenvalue weighted by Gasteiger charge is -2.19. The monoisotopic (exact) mass is 270 g/mol. The Bertz CT molecular complexity index is 586. The average molecular weight is 270 g/mol. The van der Waals surface area contributed by atoms with Crippen LogP contribution in [0.2, 0.25) is 0 Å². The number of benzene rings is 1. The summed E-state index contributed by atoms with van der Waals surface area (Å²) in [6.45, 7) is 8.49. The lowest BCUT2D eigenvalue weighted by molar-refractivity contribution is 0.458. The summed E-state index contributed by atoms with van der Waals surface area (Å²) in [6.07, 6.45) is 1.72. The fourth-order valence-electron chi connectivity index (χ4n) is 1.91. The van der Waals surface area contributed by atoms with E-state index in [-0.39, 0.29) is 11.5 Å². The van der Waals surface area contributed by atoms with Crippen molar-refractivity contribution in [3.05, 3.63) is 53.7 Å². The molecular formula is C17H22N2O. The van der Waals surface area contributed by atoms with Gasteiger partial charge in [0.2, 0.25) is 5.88 Å². The quantitative estimate of drug-likeness (QED) is 0.909.